The molecule has 3 heteroatoms. The van der Waals surface area contributed by atoms with Gasteiger partial charge in [0.05, 0.1) is 5.41 Å². The molecule has 0 amide bonds. The van der Waals surface area contributed by atoms with Crippen LogP contribution in [0.2, 0.25) is 0 Å². The number of rotatable bonds is 4. The third-order valence-corrected chi connectivity index (χ3v) is 3.54. The molecule has 0 spiro atoms. The normalized spacial score (nSPS) is 34.4. The van der Waals surface area contributed by atoms with E-state index in [9.17, 15) is 9.90 Å². The molecule has 82 valence electrons. The Morgan fingerprint density at radius 3 is 2.86 bits per heavy atom. The number of nitrogens with one attached hydrogen (secondary N) is 1. The molecule has 0 aliphatic heterocycles. The molecule has 0 radical (unpaired) electrons. The van der Waals surface area contributed by atoms with Crippen LogP contribution >= 0.6 is 0 Å². The van der Waals surface area contributed by atoms with E-state index in [1.54, 1.807) is 0 Å². The van der Waals surface area contributed by atoms with Gasteiger partial charge >= 0.3 is 5.97 Å². The maximum Gasteiger partial charge on any atom is 0.310 e. The van der Waals surface area contributed by atoms with Gasteiger partial charge in [0.2, 0.25) is 0 Å². The second-order valence-electron chi connectivity index (χ2n) is 4.64. The van der Waals surface area contributed by atoms with Gasteiger partial charge in [0.25, 0.3) is 0 Å². The van der Waals surface area contributed by atoms with Gasteiger partial charge in [-0.2, -0.15) is 0 Å². The smallest absolute Gasteiger partial charge is 0.310 e. The summed E-state index contributed by atoms with van der Waals surface area (Å²) in [6, 6.07) is 0.562. The summed E-state index contributed by atoms with van der Waals surface area (Å²) in [5.74, 6) is -0.657. The molecule has 0 heterocycles. The fourth-order valence-corrected chi connectivity index (χ4v) is 2.15. The summed E-state index contributed by atoms with van der Waals surface area (Å²) in [6.45, 7) is 6.09. The van der Waals surface area contributed by atoms with Crippen LogP contribution in [0, 0.1) is 5.41 Å². The largest absolute Gasteiger partial charge is 0.481 e. The van der Waals surface area contributed by atoms with Crippen molar-refractivity contribution in [3.05, 3.63) is 0 Å². The first-order valence-electron chi connectivity index (χ1n) is 5.50. The molecule has 0 aromatic rings. The predicted octanol–water partition coefficient (Wildman–Crippen LogP) is 2.02. The molecular weight excluding hydrogens is 178 g/mol. The number of aliphatic carboxylic acids is 1. The Hall–Kier alpha value is -0.570. The number of carboxylic acids is 1. The molecule has 14 heavy (non-hydrogen) atoms. The van der Waals surface area contributed by atoms with Crippen molar-refractivity contribution in [2.45, 2.75) is 58.5 Å². The average molecular weight is 199 g/mol. The van der Waals surface area contributed by atoms with Gasteiger partial charge in [-0.1, -0.05) is 13.3 Å². The molecule has 1 aliphatic carbocycles. The molecule has 0 aromatic carbocycles. The second-order valence-corrected chi connectivity index (χ2v) is 4.64. The minimum atomic E-state index is -0.657. The third-order valence-electron chi connectivity index (χ3n) is 3.54. The first-order valence-corrected chi connectivity index (χ1v) is 5.50. The highest BCUT2D eigenvalue weighted by Crippen LogP contribution is 2.38. The van der Waals surface area contributed by atoms with E-state index in [2.05, 4.69) is 19.2 Å². The van der Waals surface area contributed by atoms with Crippen LogP contribution < -0.4 is 5.32 Å². The van der Waals surface area contributed by atoms with Crippen LogP contribution in [0.5, 0.6) is 0 Å². The van der Waals surface area contributed by atoms with Crippen LogP contribution in [0.25, 0.3) is 0 Å². The predicted molar refractivity (Wildman–Crippen MR) is 56.3 cm³/mol. The van der Waals surface area contributed by atoms with E-state index in [4.69, 9.17) is 0 Å². The van der Waals surface area contributed by atoms with Crippen molar-refractivity contribution < 1.29 is 9.90 Å². The first kappa shape index (κ1) is 11.5. The second kappa shape index (κ2) is 4.30. The van der Waals surface area contributed by atoms with E-state index >= 15 is 0 Å². The third kappa shape index (κ3) is 2.08. The van der Waals surface area contributed by atoms with E-state index in [1.807, 2.05) is 6.92 Å². The van der Waals surface area contributed by atoms with Crippen LogP contribution in [0.15, 0.2) is 0 Å². The molecule has 2 N–H and O–H groups in total. The molecule has 1 rings (SSSR count). The molecule has 0 saturated heterocycles. The number of hydrogen-bond donors (Lipinski definition) is 2. The highest BCUT2D eigenvalue weighted by molar-refractivity contribution is 5.75. The van der Waals surface area contributed by atoms with Gasteiger partial charge in [-0.15, -0.1) is 0 Å². The Morgan fingerprint density at radius 1 is 1.71 bits per heavy atom. The van der Waals surface area contributed by atoms with Crippen molar-refractivity contribution in [2.24, 2.45) is 5.41 Å². The number of hydrogen-bond acceptors (Lipinski definition) is 2. The molecular formula is C11H21NO2. The van der Waals surface area contributed by atoms with Crippen LogP contribution in [-0.4, -0.2) is 23.2 Å². The van der Waals surface area contributed by atoms with Crippen molar-refractivity contribution in [1.82, 2.24) is 5.32 Å². The Kier molecular flexibility index (Phi) is 3.53. The van der Waals surface area contributed by atoms with Crippen LogP contribution in [0.4, 0.5) is 0 Å². The summed E-state index contributed by atoms with van der Waals surface area (Å²) in [5, 5.41) is 12.6. The molecule has 3 nitrogen and oxygen atoms in total. The standard InChI is InChI=1S/C11H21NO2/c1-4-8(2)12-9-6-5-7-11(9,3)10(13)14/h8-9,12H,4-7H2,1-3H3,(H,13,14). The van der Waals surface area contributed by atoms with E-state index in [0.717, 1.165) is 25.7 Å². The maximum atomic E-state index is 11.2. The molecule has 3 atom stereocenters. The molecule has 1 fully saturated rings. The lowest BCUT2D eigenvalue weighted by atomic mass is 9.84. The van der Waals surface area contributed by atoms with E-state index in [0.29, 0.717) is 6.04 Å². The summed E-state index contributed by atoms with van der Waals surface area (Å²) in [7, 11) is 0. The zero-order valence-corrected chi connectivity index (χ0v) is 9.34. The van der Waals surface area contributed by atoms with Crippen molar-refractivity contribution in [1.29, 1.82) is 0 Å². The quantitative estimate of drug-likeness (QED) is 0.728. The minimum Gasteiger partial charge on any atom is -0.481 e. The summed E-state index contributed by atoms with van der Waals surface area (Å²) in [6.07, 6.45) is 3.87. The van der Waals surface area contributed by atoms with Crippen LogP contribution in [0.3, 0.4) is 0 Å². The fraction of sp³-hybridized carbons (Fsp3) is 0.909. The first-order chi connectivity index (χ1) is 6.50. The molecule has 0 aromatic heterocycles. The lowest BCUT2D eigenvalue weighted by Crippen LogP contribution is -2.47. The van der Waals surface area contributed by atoms with Crippen molar-refractivity contribution in [2.75, 3.05) is 0 Å². The van der Waals surface area contributed by atoms with Crippen molar-refractivity contribution in [3.63, 3.8) is 0 Å². The highest BCUT2D eigenvalue weighted by atomic mass is 16.4. The fourth-order valence-electron chi connectivity index (χ4n) is 2.15. The van der Waals surface area contributed by atoms with E-state index in [1.165, 1.54) is 0 Å². The maximum absolute atomic E-state index is 11.2. The zero-order valence-electron chi connectivity index (χ0n) is 9.34. The number of carboxylic acid groups (broad SMARTS) is 1. The highest BCUT2D eigenvalue weighted by Gasteiger charge is 2.45. The van der Waals surface area contributed by atoms with Crippen molar-refractivity contribution >= 4 is 5.97 Å². The molecule has 0 bridgehead atoms. The molecule has 1 aliphatic rings. The Morgan fingerprint density at radius 2 is 2.36 bits per heavy atom. The summed E-state index contributed by atoms with van der Waals surface area (Å²) < 4.78 is 0. The Balaban J connectivity index is 2.64. The summed E-state index contributed by atoms with van der Waals surface area (Å²) in [5.41, 5.74) is -0.552. The van der Waals surface area contributed by atoms with Gasteiger partial charge in [0, 0.05) is 12.1 Å². The Labute approximate surface area is 85.9 Å². The Bertz CT molecular complexity index is 217. The minimum absolute atomic E-state index is 0.148. The van der Waals surface area contributed by atoms with E-state index < -0.39 is 11.4 Å². The van der Waals surface area contributed by atoms with Gasteiger partial charge in [-0.3, -0.25) is 4.79 Å². The lowest BCUT2D eigenvalue weighted by molar-refractivity contribution is -0.148. The number of carbonyl (C=O) groups is 1. The van der Waals surface area contributed by atoms with Gasteiger partial charge in [0.1, 0.15) is 0 Å². The molecule has 3 unspecified atom stereocenters. The summed E-state index contributed by atoms with van der Waals surface area (Å²) >= 11 is 0. The SMILES string of the molecule is CCC(C)NC1CCCC1(C)C(=O)O. The van der Waals surface area contributed by atoms with Gasteiger partial charge < -0.3 is 10.4 Å². The lowest BCUT2D eigenvalue weighted by Gasteiger charge is -2.30. The average Bonchev–Trinajstić information content (AvgIpc) is 2.49. The van der Waals surface area contributed by atoms with Gasteiger partial charge in [-0.25, -0.2) is 0 Å². The monoisotopic (exact) mass is 199 g/mol. The van der Waals surface area contributed by atoms with E-state index in [-0.39, 0.29) is 6.04 Å². The van der Waals surface area contributed by atoms with Crippen molar-refractivity contribution in [3.8, 4) is 0 Å². The zero-order chi connectivity index (χ0) is 10.8. The topological polar surface area (TPSA) is 49.3 Å². The van der Waals surface area contributed by atoms with Gasteiger partial charge in [-0.05, 0) is 33.1 Å². The van der Waals surface area contributed by atoms with Gasteiger partial charge in [0.15, 0.2) is 0 Å². The molecule has 1 saturated carbocycles. The van der Waals surface area contributed by atoms with Crippen LogP contribution in [0.1, 0.15) is 46.5 Å². The van der Waals surface area contributed by atoms with Crippen LogP contribution in [-0.2, 0) is 4.79 Å². The summed E-state index contributed by atoms with van der Waals surface area (Å²) in [4.78, 5) is 11.2.